The average molecular weight is 292 g/mol. The van der Waals surface area contributed by atoms with Gasteiger partial charge in [-0.1, -0.05) is 0 Å². The van der Waals surface area contributed by atoms with E-state index < -0.39 is 23.7 Å². The molecule has 0 aliphatic heterocycles. The standard InChI is InChI=1S/C9H7FN2O.C2HF3O2/c10-8-2-1-6(4-11)3-7(8)9(13)5-12;3-2(4,5)1(6)7/h1-3H,5,12H2;(H,6,7). The minimum Gasteiger partial charge on any atom is -0.475 e. The van der Waals surface area contributed by atoms with E-state index in [2.05, 4.69) is 0 Å². The molecule has 0 atom stereocenters. The second kappa shape index (κ2) is 7.20. The number of hydrogen-bond donors (Lipinski definition) is 2. The molecule has 0 saturated carbocycles. The summed E-state index contributed by atoms with van der Waals surface area (Å²) in [4.78, 5) is 19.9. The molecule has 0 radical (unpaired) electrons. The van der Waals surface area contributed by atoms with E-state index in [4.69, 9.17) is 20.9 Å². The predicted molar refractivity (Wildman–Crippen MR) is 58.2 cm³/mol. The van der Waals surface area contributed by atoms with Crippen molar-refractivity contribution in [3.8, 4) is 6.07 Å². The van der Waals surface area contributed by atoms with E-state index in [0.717, 1.165) is 6.07 Å². The summed E-state index contributed by atoms with van der Waals surface area (Å²) in [6.07, 6.45) is -5.08. The maximum atomic E-state index is 13.0. The van der Waals surface area contributed by atoms with Gasteiger partial charge < -0.3 is 10.8 Å². The molecule has 0 aliphatic carbocycles. The second-order valence-corrected chi connectivity index (χ2v) is 3.24. The molecule has 3 N–H and O–H groups in total. The minimum absolute atomic E-state index is 0.124. The van der Waals surface area contributed by atoms with Crippen molar-refractivity contribution in [2.45, 2.75) is 6.18 Å². The summed E-state index contributed by atoms with van der Waals surface area (Å²) in [5.74, 6) is -3.91. The third kappa shape index (κ3) is 5.45. The maximum absolute atomic E-state index is 13.0. The summed E-state index contributed by atoms with van der Waals surface area (Å²) in [6, 6.07) is 5.41. The van der Waals surface area contributed by atoms with Crippen molar-refractivity contribution in [3.05, 3.63) is 35.1 Å². The molecular formula is C11H8F4N2O3. The number of carboxylic acids is 1. The van der Waals surface area contributed by atoms with Gasteiger partial charge in [-0.05, 0) is 18.2 Å². The van der Waals surface area contributed by atoms with Gasteiger partial charge in [-0.25, -0.2) is 9.18 Å². The summed E-state index contributed by atoms with van der Waals surface area (Å²) < 4.78 is 44.7. The third-order valence-electron chi connectivity index (χ3n) is 1.82. The number of rotatable bonds is 2. The molecule has 0 aromatic heterocycles. The smallest absolute Gasteiger partial charge is 0.475 e. The number of nitriles is 1. The Morgan fingerprint density at radius 2 is 1.85 bits per heavy atom. The van der Waals surface area contributed by atoms with Crippen molar-refractivity contribution in [2.24, 2.45) is 5.73 Å². The van der Waals surface area contributed by atoms with Gasteiger partial charge in [0.2, 0.25) is 0 Å². The van der Waals surface area contributed by atoms with Gasteiger partial charge in [-0.15, -0.1) is 0 Å². The first kappa shape index (κ1) is 17.5. The van der Waals surface area contributed by atoms with Gasteiger partial charge in [0, 0.05) is 0 Å². The topological polar surface area (TPSA) is 104 Å². The molecule has 0 saturated heterocycles. The molecular weight excluding hydrogens is 284 g/mol. The highest BCUT2D eigenvalue weighted by Crippen LogP contribution is 2.13. The van der Waals surface area contributed by atoms with Gasteiger partial charge in [-0.3, -0.25) is 4.79 Å². The van der Waals surface area contributed by atoms with Crippen LogP contribution in [0.5, 0.6) is 0 Å². The monoisotopic (exact) mass is 292 g/mol. The van der Waals surface area contributed by atoms with E-state index in [-0.39, 0.29) is 17.7 Å². The van der Waals surface area contributed by atoms with Crippen molar-refractivity contribution in [1.29, 1.82) is 5.26 Å². The second-order valence-electron chi connectivity index (χ2n) is 3.24. The Bertz CT molecular complexity index is 550. The summed E-state index contributed by atoms with van der Waals surface area (Å²) >= 11 is 0. The Morgan fingerprint density at radius 3 is 2.20 bits per heavy atom. The molecule has 1 aromatic carbocycles. The first-order valence-electron chi connectivity index (χ1n) is 4.86. The van der Waals surface area contributed by atoms with Crippen molar-refractivity contribution in [3.63, 3.8) is 0 Å². The Hall–Kier alpha value is -2.47. The molecule has 9 heteroatoms. The highest BCUT2D eigenvalue weighted by molar-refractivity contribution is 5.98. The molecule has 5 nitrogen and oxygen atoms in total. The number of carboxylic acid groups (broad SMARTS) is 1. The Labute approximate surface area is 110 Å². The third-order valence-corrected chi connectivity index (χ3v) is 1.82. The molecule has 0 aliphatic rings. The zero-order valence-electron chi connectivity index (χ0n) is 9.74. The number of halogens is 4. The van der Waals surface area contributed by atoms with Gasteiger partial charge in [-0.2, -0.15) is 18.4 Å². The van der Waals surface area contributed by atoms with E-state index in [9.17, 15) is 22.4 Å². The van der Waals surface area contributed by atoms with Crippen LogP contribution in [0.1, 0.15) is 15.9 Å². The quantitative estimate of drug-likeness (QED) is 0.634. The fourth-order valence-corrected chi connectivity index (χ4v) is 0.918. The lowest BCUT2D eigenvalue weighted by atomic mass is 10.1. The molecule has 0 spiro atoms. The van der Waals surface area contributed by atoms with Crippen LogP contribution < -0.4 is 5.73 Å². The summed E-state index contributed by atoms with van der Waals surface area (Å²) in [7, 11) is 0. The Balaban J connectivity index is 0.000000441. The van der Waals surface area contributed by atoms with Crippen molar-refractivity contribution in [1.82, 2.24) is 0 Å². The van der Waals surface area contributed by atoms with Gasteiger partial charge in [0.1, 0.15) is 5.82 Å². The molecule has 0 heterocycles. The number of hydrogen-bond acceptors (Lipinski definition) is 4. The van der Waals surface area contributed by atoms with Crippen LogP contribution in [0.25, 0.3) is 0 Å². The van der Waals surface area contributed by atoms with E-state index in [1.54, 1.807) is 0 Å². The summed E-state index contributed by atoms with van der Waals surface area (Å²) in [5.41, 5.74) is 5.19. The normalized spacial score (nSPS) is 10.0. The first-order chi connectivity index (χ1) is 9.13. The van der Waals surface area contributed by atoms with Crippen molar-refractivity contribution >= 4 is 11.8 Å². The van der Waals surface area contributed by atoms with Crippen LogP contribution in [0, 0.1) is 17.1 Å². The lowest BCUT2D eigenvalue weighted by Crippen LogP contribution is -2.21. The molecule has 1 rings (SSSR count). The summed E-state index contributed by atoms with van der Waals surface area (Å²) in [6.45, 7) is -0.258. The number of carbonyl (C=O) groups is 2. The number of nitrogens with two attached hydrogens (primary N) is 1. The Morgan fingerprint density at radius 1 is 1.35 bits per heavy atom. The van der Waals surface area contributed by atoms with Crippen LogP contribution in [-0.4, -0.2) is 29.6 Å². The number of aliphatic carboxylic acids is 1. The maximum Gasteiger partial charge on any atom is 0.490 e. The van der Waals surface area contributed by atoms with Crippen molar-refractivity contribution < 1.29 is 32.3 Å². The molecule has 0 bridgehead atoms. The number of Topliss-reactive ketones (excluding diaryl/α,β-unsaturated/α-hetero) is 1. The van der Waals surface area contributed by atoms with Gasteiger partial charge in [0.25, 0.3) is 0 Å². The van der Waals surface area contributed by atoms with Crippen LogP contribution in [0.15, 0.2) is 18.2 Å². The molecule has 1 aromatic rings. The molecule has 20 heavy (non-hydrogen) atoms. The summed E-state index contributed by atoms with van der Waals surface area (Å²) in [5, 5.41) is 15.6. The van der Waals surface area contributed by atoms with Crippen LogP contribution in [0.3, 0.4) is 0 Å². The van der Waals surface area contributed by atoms with E-state index in [1.165, 1.54) is 12.1 Å². The van der Waals surface area contributed by atoms with Crippen molar-refractivity contribution in [2.75, 3.05) is 6.54 Å². The fourth-order valence-electron chi connectivity index (χ4n) is 0.918. The lowest BCUT2D eigenvalue weighted by Gasteiger charge is -1.99. The molecule has 0 unspecified atom stereocenters. The lowest BCUT2D eigenvalue weighted by molar-refractivity contribution is -0.192. The van der Waals surface area contributed by atoms with Gasteiger partial charge in [0.05, 0.1) is 23.7 Å². The highest BCUT2D eigenvalue weighted by atomic mass is 19.4. The fraction of sp³-hybridized carbons (Fsp3) is 0.182. The minimum atomic E-state index is -5.08. The number of carbonyl (C=O) groups excluding carboxylic acids is 1. The number of alkyl halides is 3. The van der Waals surface area contributed by atoms with E-state index in [0.29, 0.717) is 0 Å². The highest BCUT2D eigenvalue weighted by Gasteiger charge is 2.38. The van der Waals surface area contributed by atoms with Crippen LogP contribution >= 0.6 is 0 Å². The predicted octanol–water partition coefficient (Wildman–Crippen LogP) is 1.47. The molecule has 0 fully saturated rings. The SMILES string of the molecule is N#Cc1ccc(F)c(C(=O)CN)c1.O=C(O)C(F)(F)F. The number of benzene rings is 1. The molecule has 108 valence electrons. The molecule has 0 amide bonds. The van der Waals surface area contributed by atoms with E-state index in [1.807, 2.05) is 6.07 Å². The zero-order valence-corrected chi connectivity index (χ0v) is 9.74. The Kier molecular flexibility index (Phi) is 6.31. The van der Waals surface area contributed by atoms with Crippen LogP contribution in [0.4, 0.5) is 17.6 Å². The number of nitrogens with zero attached hydrogens (tertiary/aromatic N) is 1. The number of ketones is 1. The van der Waals surface area contributed by atoms with E-state index >= 15 is 0 Å². The first-order valence-corrected chi connectivity index (χ1v) is 4.86. The zero-order chi connectivity index (χ0) is 15.9. The average Bonchev–Trinajstić information content (AvgIpc) is 2.38. The van der Waals surface area contributed by atoms with Gasteiger partial charge in [0.15, 0.2) is 5.78 Å². The van der Waals surface area contributed by atoms with Crippen LogP contribution in [0.2, 0.25) is 0 Å². The van der Waals surface area contributed by atoms with Gasteiger partial charge >= 0.3 is 12.1 Å². The largest absolute Gasteiger partial charge is 0.490 e. The van der Waals surface area contributed by atoms with Crippen LogP contribution in [-0.2, 0) is 4.79 Å².